The lowest BCUT2D eigenvalue weighted by Gasteiger charge is -2.37. The zero-order valence-electron chi connectivity index (χ0n) is 24.2. The molecule has 4 aromatic rings. The first-order valence-electron chi connectivity index (χ1n) is 14.0. The molecule has 43 heavy (non-hydrogen) atoms. The minimum atomic E-state index is -3.70. The average molecular weight is 618 g/mol. The van der Waals surface area contributed by atoms with E-state index in [4.69, 9.17) is 13.7 Å². The second-order valence-electron chi connectivity index (χ2n) is 10.5. The van der Waals surface area contributed by atoms with E-state index in [-0.39, 0.29) is 18.5 Å². The number of likely N-dealkylation sites (tertiary alicyclic amines) is 1. The average Bonchev–Trinajstić information content (AvgIpc) is 3.45. The molecule has 0 saturated carbocycles. The Morgan fingerprint density at radius 3 is 1.81 bits per heavy atom. The van der Waals surface area contributed by atoms with Gasteiger partial charge in [-0.1, -0.05) is 103 Å². The molecular formula is C34H35NO6S2. The van der Waals surface area contributed by atoms with Crippen LogP contribution >= 0.6 is 11.8 Å². The zero-order chi connectivity index (χ0) is 30.3. The fraction of sp³-hybridized carbons (Fsp3) is 0.265. The number of ether oxygens (including phenoxy) is 2. The first-order valence-corrected chi connectivity index (χ1v) is 16.7. The highest BCUT2D eigenvalue weighted by molar-refractivity contribution is 8.01. The normalized spacial score (nSPS) is 17.0. The van der Waals surface area contributed by atoms with E-state index in [9.17, 15) is 13.2 Å². The first kappa shape index (κ1) is 30.7. The molecule has 5 rings (SSSR count). The highest BCUT2D eigenvalue weighted by Crippen LogP contribution is 2.52. The van der Waals surface area contributed by atoms with Gasteiger partial charge in [0.05, 0.1) is 30.8 Å². The van der Waals surface area contributed by atoms with E-state index in [2.05, 4.69) is 36.4 Å². The number of amides is 1. The molecule has 1 aliphatic heterocycles. The van der Waals surface area contributed by atoms with Crippen molar-refractivity contribution in [2.24, 2.45) is 0 Å². The number of benzene rings is 4. The largest absolute Gasteiger partial charge is 0.497 e. The van der Waals surface area contributed by atoms with Gasteiger partial charge in [0.1, 0.15) is 12.4 Å². The molecule has 0 aromatic heterocycles. The lowest BCUT2D eigenvalue weighted by atomic mass is 9.84. The van der Waals surface area contributed by atoms with Crippen LogP contribution in [0.4, 0.5) is 4.79 Å². The van der Waals surface area contributed by atoms with E-state index in [0.717, 1.165) is 28.5 Å². The van der Waals surface area contributed by atoms with Crippen LogP contribution in [0.5, 0.6) is 5.75 Å². The molecule has 1 saturated heterocycles. The van der Waals surface area contributed by atoms with Gasteiger partial charge in [0.2, 0.25) is 0 Å². The summed E-state index contributed by atoms with van der Waals surface area (Å²) in [5, 5.41) is -0.0534. The van der Waals surface area contributed by atoms with Gasteiger partial charge in [-0.3, -0.25) is 4.18 Å². The Hall–Kier alpha value is -3.79. The van der Waals surface area contributed by atoms with E-state index in [1.807, 2.05) is 78.9 Å². The Kier molecular flexibility index (Phi) is 9.75. The highest BCUT2D eigenvalue weighted by atomic mass is 32.2. The van der Waals surface area contributed by atoms with Crippen molar-refractivity contribution in [3.8, 4) is 5.75 Å². The predicted molar refractivity (Wildman–Crippen MR) is 170 cm³/mol. The summed E-state index contributed by atoms with van der Waals surface area (Å²) in [4.78, 5) is 15.1. The standard InChI is InChI=1S/C34H35NO6S2/c1-39-31-20-18-26(19-21-31)24-40-33(36)35-23-32(22-30(35)25-41-43(2,37)38)42-34(27-12-6-3-7-13-27,28-14-8-4-9-15-28)29-16-10-5-11-17-29/h3-21,30,32H,22-25H2,1-2H3/t30-,32-/m0/s1. The second-order valence-corrected chi connectivity index (χ2v) is 13.6. The summed E-state index contributed by atoms with van der Waals surface area (Å²) in [5.41, 5.74) is 4.16. The summed E-state index contributed by atoms with van der Waals surface area (Å²) in [5.74, 6) is 0.714. The van der Waals surface area contributed by atoms with Crippen LogP contribution in [0.3, 0.4) is 0 Å². The number of thioether (sulfide) groups is 1. The third-order valence-corrected chi connectivity index (χ3v) is 9.79. The molecule has 1 aliphatic rings. The molecule has 2 atom stereocenters. The van der Waals surface area contributed by atoms with E-state index in [1.54, 1.807) is 23.8 Å². The first-order chi connectivity index (χ1) is 20.8. The van der Waals surface area contributed by atoms with Crippen LogP contribution < -0.4 is 4.74 Å². The summed E-state index contributed by atoms with van der Waals surface area (Å²) < 4.78 is 39.4. The quantitative estimate of drug-likeness (QED) is 0.141. The minimum absolute atomic E-state index is 0.0534. The van der Waals surface area contributed by atoms with Gasteiger partial charge in [-0.15, -0.1) is 11.8 Å². The van der Waals surface area contributed by atoms with Crippen LogP contribution in [0.2, 0.25) is 0 Å². The maximum Gasteiger partial charge on any atom is 0.410 e. The van der Waals surface area contributed by atoms with E-state index >= 15 is 0 Å². The van der Waals surface area contributed by atoms with Crippen LogP contribution in [-0.2, 0) is 30.4 Å². The monoisotopic (exact) mass is 617 g/mol. The maximum atomic E-state index is 13.5. The predicted octanol–water partition coefficient (Wildman–Crippen LogP) is 6.48. The Morgan fingerprint density at radius 1 is 0.837 bits per heavy atom. The molecule has 9 heteroatoms. The molecule has 4 aromatic carbocycles. The van der Waals surface area contributed by atoms with Crippen LogP contribution in [0.25, 0.3) is 0 Å². The third-order valence-electron chi connectivity index (χ3n) is 7.49. The summed E-state index contributed by atoms with van der Waals surface area (Å²) in [7, 11) is -2.11. The zero-order valence-corrected chi connectivity index (χ0v) is 25.8. The molecule has 0 N–H and O–H groups in total. The van der Waals surface area contributed by atoms with Crippen molar-refractivity contribution >= 4 is 28.0 Å². The number of hydrogen-bond acceptors (Lipinski definition) is 7. The van der Waals surface area contributed by atoms with E-state index in [0.29, 0.717) is 18.7 Å². The van der Waals surface area contributed by atoms with Gasteiger partial charge in [0, 0.05) is 11.8 Å². The smallest absolute Gasteiger partial charge is 0.410 e. The summed E-state index contributed by atoms with van der Waals surface area (Å²) >= 11 is 1.77. The van der Waals surface area contributed by atoms with Crippen molar-refractivity contribution in [1.29, 1.82) is 0 Å². The Bertz CT molecular complexity index is 1490. The van der Waals surface area contributed by atoms with Gasteiger partial charge in [0.25, 0.3) is 10.1 Å². The molecule has 0 radical (unpaired) electrons. The Balaban J connectivity index is 1.46. The minimum Gasteiger partial charge on any atom is -0.497 e. The highest BCUT2D eigenvalue weighted by Gasteiger charge is 2.44. The topological polar surface area (TPSA) is 82.1 Å². The van der Waals surface area contributed by atoms with Gasteiger partial charge in [-0.2, -0.15) is 8.42 Å². The van der Waals surface area contributed by atoms with Gasteiger partial charge >= 0.3 is 6.09 Å². The summed E-state index contributed by atoms with van der Waals surface area (Å²) in [6.45, 7) is 0.319. The van der Waals surface area contributed by atoms with Gasteiger partial charge in [0.15, 0.2) is 0 Å². The fourth-order valence-electron chi connectivity index (χ4n) is 5.47. The number of methoxy groups -OCH3 is 1. The van der Waals surface area contributed by atoms with Crippen molar-refractivity contribution in [2.75, 3.05) is 26.5 Å². The van der Waals surface area contributed by atoms with Crippen LogP contribution in [0.15, 0.2) is 115 Å². The van der Waals surface area contributed by atoms with Crippen LogP contribution in [-0.4, -0.2) is 57.2 Å². The lowest BCUT2D eigenvalue weighted by Crippen LogP contribution is -2.39. The van der Waals surface area contributed by atoms with Gasteiger partial charge in [-0.05, 0) is 40.8 Å². The van der Waals surface area contributed by atoms with Crippen LogP contribution in [0.1, 0.15) is 28.7 Å². The molecule has 0 unspecified atom stereocenters. The molecule has 0 spiro atoms. The third kappa shape index (κ3) is 7.41. The fourth-order valence-corrected chi connectivity index (χ4v) is 7.74. The number of hydrogen-bond donors (Lipinski definition) is 0. The van der Waals surface area contributed by atoms with Crippen molar-refractivity contribution in [3.05, 3.63) is 138 Å². The molecule has 0 aliphatic carbocycles. The maximum absolute atomic E-state index is 13.5. The molecule has 0 bridgehead atoms. The second kappa shape index (κ2) is 13.7. The number of nitrogens with zero attached hydrogens (tertiary/aromatic N) is 1. The van der Waals surface area contributed by atoms with Crippen molar-refractivity contribution in [3.63, 3.8) is 0 Å². The number of carbonyl (C=O) groups is 1. The number of rotatable bonds is 11. The molecule has 1 heterocycles. The Labute approximate surface area is 257 Å². The molecular weight excluding hydrogens is 583 g/mol. The van der Waals surface area contributed by atoms with Crippen molar-refractivity contribution in [2.45, 2.75) is 29.1 Å². The van der Waals surface area contributed by atoms with Gasteiger partial charge < -0.3 is 14.4 Å². The van der Waals surface area contributed by atoms with Crippen molar-refractivity contribution in [1.82, 2.24) is 4.90 Å². The van der Waals surface area contributed by atoms with Crippen LogP contribution in [0, 0.1) is 0 Å². The van der Waals surface area contributed by atoms with E-state index < -0.39 is 27.0 Å². The van der Waals surface area contributed by atoms with E-state index in [1.165, 1.54) is 0 Å². The summed E-state index contributed by atoms with van der Waals surface area (Å²) in [6.07, 6.45) is 1.04. The molecule has 7 nitrogen and oxygen atoms in total. The van der Waals surface area contributed by atoms with Gasteiger partial charge in [-0.25, -0.2) is 4.79 Å². The molecule has 1 fully saturated rings. The SMILES string of the molecule is COc1ccc(COC(=O)N2C[C@@H](SC(c3ccccc3)(c3ccccc3)c3ccccc3)C[C@H]2COS(C)(=O)=O)cc1. The molecule has 1 amide bonds. The van der Waals surface area contributed by atoms with Crippen molar-refractivity contribution < 1.29 is 26.9 Å². The lowest BCUT2D eigenvalue weighted by molar-refractivity contribution is 0.0831. The Morgan fingerprint density at radius 2 is 1.35 bits per heavy atom. The molecule has 224 valence electrons. The number of carbonyl (C=O) groups excluding carboxylic acids is 1. The summed E-state index contributed by atoms with van der Waals surface area (Å²) in [6, 6.07) is 37.9.